The number of aliphatic hydroxyl groups excluding tert-OH is 1. The third kappa shape index (κ3) is 3.46. The highest BCUT2D eigenvalue weighted by atomic mass is 35.5. The summed E-state index contributed by atoms with van der Waals surface area (Å²) < 4.78 is 0. The maximum Gasteiger partial charge on any atom is 0.213 e. The molecule has 1 saturated heterocycles. The van der Waals surface area contributed by atoms with E-state index >= 15 is 0 Å². The number of carbonyl (C=O) groups is 1. The van der Waals surface area contributed by atoms with E-state index in [2.05, 4.69) is 9.98 Å². The van der Waals surface area contributed by atoms with Crippen LogP contribution in [0.2, 0.25) is 0 Å². The van der Waals surface area contributed by atoms with E-state index in [9.17, 15) is 15.0 Å². The van der Waals surface area contributed by atoms with Gasteiger partial charge in [-0.15, -0.1) is 12.4 Å². The molecule has 0 radical (unpaired) electrons. The molecule has 19 heavy (non-hydrogen) atoms. The lowest BCUT2D eigenvalue weighted by atomic mass is 10.1. The van der Waals surface area contributed by atoms with Crippen molar-refractivity contribution >= 4 is 35.5 Å². The van der Waals surface area contributed by atoms with E-state index in [1.165, 1.54) is 24.2 Å². The Morgan fingerprint density at radius 3 is 2.95 bits per heavy atom. The number of halogens is 1. The summed E-state index contributed by atoms with van der Waals surface area (Å²) >= 11 is 1.28. The van der Waals surface area contributed by atoms with E-state index in [0.717, 1.165) is 12.2 Å². The van der Waals surface area contributed by atoms with Crippen LogP contribution >= 0.6 is 24.2 Å². The zero-order valence-electron chi connectivity index (χ0n) is 10.4. The maximum absolute atomic E-state index is 11.4. The number of hydrogen-bond donors (Lipinski definition) is 2. The molecule has 1 aromatic heterocycles. The van der Waals surface area contributed by atoms with Gasteiger partial charge in [-0.25, -0.2) is 0 Å². The molecule has 1 aliphatic heterocycles. The largest absolute Gasteiger partial charge is 0.506 e. The summed E-state index contributed by atoms with van der Waals surface area (Å²) in [6.07, 6.45) is 3.50. The SMILES string of the molecule is Cc1ncc(O)c(C=NC2CCSC2=O)c1CO.Cl. The van der Waals surface area contributed by atoms with Crippen LogP contribution in [0.1, 0.15) is 23.2 Å². The van der Waals surface area contributed by atoms with Gasteiger partial charge in [-0.2, -0.15) is 0 Å². The predicted octanol–water partition coefficient (Wildman–Crippen LogP) is 1.46. The minimum Gasteiger partial charge on any atom is -0.506 e. The molecule has 0 amide bonds. The highest BCUT2D eigenvalue weighted by Gasteiger charge is 2.24. The first-order valence-corrected chi connectivity index (χ1v) is 6.60. The van der Waals surface area contributed by atoms with Crippen LogP contribution in [0.25, 0.3) is 0 Å². The number of carbonyl (C=O) groups excluding carboxylic acids is 1. The number of aromatic nitrogens is 1. The predicted molar refractivity (Wildman–Crippen MR) is 77.3 cm³/mol. The van der Waals surface area contributed by atoms with E-state index in [4.69, 9.17) is 0 Å². The standard InChI is InChI=1S/C12H14N2O3S.ClH/c1-7-9(6-15)8(11(16)5-13-7)4-14-10-2-3-18-12(10)17;/h4-5,10,15-16H,2-3,6H2,1H3;1H. The molecule has 0 saturated carbocycles. The average Bonchev–Trinajstić information content (AvgIpc) is 2.76. The summed E-state index contributed by atoms with van der Waals surface area (Å²) in [5.74, 6) is 0.751. The molecular formula is C12H15ClN2O3S. The molecule has 1 unspecified atom stereocenters. The van der Waals surface area contributed by atoms with Crippen molar-refractivity contribution in [2.45, 2.75) is 26.0 Å². The number of aryl methyl sites for hydroxylation is 1. The summed E-state index contributed by atoms with van der Waals surface area (Å²) in [5, 5.41) is 19.1. The van der Waals surface area contributed by atoms with Crippen molar-refractivity contribution in [1.82, 2.24) is 4.98 Å². The van der Waals surface area contributed by atoms with E-state index in [0.29, 0.717) is 16.8 Å². The summed E-state index contributed by atoms with van der Waals surface area (Å²) in [5.41, 5.74) is 1.62. The maximum atomic E-state index is 11.4. The second kappa shape index (κ2) is 6.88. The summed E-state index contributed by atoms with van der Waals surface area (Å²) in [4.78, 5) is 19.6. The van der Waals surface area contributed by atoms with Crippen molar-refractivity contribution < 1.29 is 15.0 Å². The number of aliphatic imine (C=N–C) groups is 1. The molecule has 0 aromatic carbocycles. The van der Waals surface area contributed by atoms with E-state index in [1.54, 1.807) is 6.92 Å². The number of rotatable bonds is 3. The minimum absolute atomic E-state index is 0. The Labute approximate surface area is 121 Å². The zero-order valence-corrected chi connectivity index (χ0v) is 12.0. The van der Waals surface area contributed by atoms with Crippen molar-refractivity contribution in [3.8, 4) is 5.75 Å². The van der Waals surface area contributed by atoms with Gasteiger partial charge in [0.25, 0.3) is 0 Å². The highest BCUT2D eigenvalue weighted by molar-refractivity contribution is 8.14. The van der Waals surface area contributed by atoms with Crippen LogP contribution in [0.5, 0.6) is 5.75 Å². The Bertz CT molecular complexity index is 508. The fourth-order valence-corrected chi connectivity index (χ4v) is 2.70. The van der Waals surface area contributed by atoms with Crippen LogP contribution in [0.3, 0.4) is 0 Å². The van der Waals surface area contributed by atoms with Gasteiger partial charge in [0.1, 0.15) is 11.8 Å². The van der Waals surface area contributed by atoms with Gasteiger partial charge in [-0.1, -0.05) is 11.8 Å². The minimum atomic E-state index is -0.339. The first-order valence-electron chi connectivity index (χ1n) is 5.61. The Hall–Kier alpha value is -1.11. The van der Waals surface area contributed by atoms with Gasteiger partial charge in [0.05, 0.1) is 12.8 Å². The van der Waals surface area contributed by atoms with Crippen LogP contribution in [-0.4, -0.2) is 38.3 Å². The van der Waals surface area contributed by atoms with Gasteiger partial charge in [0, 0.05) is 28.8 Å². The second-order valence-corrected chi connectivity index (χ2v) is 5.13. The van der Waals surface area contributed by atoms with Gasteiger partial charge >= 0.3 is 0 Å². The van der Waals surface area contributed by atoms with Crippen molar-refractivity contribution in [1.29, 1.82) is 0 Å². The first-order chi connectivity index (χ1) is 8.63. The normalized spacial score (nSPS) is 18.8. The van der Waals surface area contributed by atoms with Crippen molar-refractivity contribution in [2.75, 3.05) is 5.75 Å². The van der Waals surface area contributed by atoms with Crippen molar-refractivity contribution in [2.24, 2.45) is 4.99 Å². The molecule has 0 spiro atoms. The van der Waals surface area contributed by atoms with Crippen molar-refractivity contribution in [3.63, 3.8) is 0 Å². The third-order valence-electron chi connectivity index (χ3n) is 2.87. The number of nitrogens with zero attached hydrogens (tertiary/aromatic N) is 2. The number of hydrogen-bond acceptors (Lipinski definition) is 6. The Morgan fingerprint density at radius 2 is 2.37 bits per heavy atom. The van der Waals surface area contributed by atoms with Crippen LogP contribution in [0, 0.1) is 6.92 Å². The molecule has 5 nitrogen and oxygen atoms in total. The number of aliphatic hydroxyl groups is 1. The summed E-state index contributed by atoms with van der Waals surface area (Å²) in [6, 6.07) is -0.339. The monoisotopic (exact) mass is 302 g/mol. The lowest BCUT2D eigenvalue weighted by Crippen LogP contribution is -2.09. The topological polar surface area (TPSA) is 82.8 Å². The molecule has 2 rings (SSSR count). The zero-order chi connectivity index (χ0) is 13.1. The quantitative estimate of drug-likeness (QED) is 0.826. The third-order valence-corrected chi connectivity index (χ3v) is 3.86. The lowest BCUT2D eigenvalue weighted by molar-refractivity contribution is -0.111. The Morgan fingerprint density at radius 1 is 1.63 bits per heavy atom. The molecule has 1 atom stereocenters. The smallest absolute Gasteiger partial charge is 0.213 e. The Balaban J connectivity index is 0.00000180. The van der Waals surface area contributed by atoms with Crippen molar-refractivity contribution in [3.05, 3.63) is 23.0 Å². The molecule has 2 N–H and O–H groups in total. The van der Waals surface area contributed by atoms with E-state index in [-0.39, 0.29) is 35.9 Å². The molecule has 1 aliphatic rings. The van der Waals surface area contributed by atoms with Gasteiger partial charge in [-0.3, -0.25) is 14.8 Å². The number of aromatic hydroxyl groups is 1. The van der Waals surface area contributed by atoms with Gasteiger partial charge < -0.3 is 10.2 Å². The number of thioether (sulfide) groups is 1. The van der Waals surface area contributed by atoms with Gasteiger partial charge in [-0.05, 0) is 13.3 Å². The molecule has 1 fully saturated rings. The summed E-state index contributed by atoms with van der Waals surface area (Å²) in [7, 11) is 0. The van der Waals surface area contributed by atoms with Crippen LogP contribution in [-0.2, 0) is 11.4 Å². The second-order valence-electron chi connectivity index (χ2n) is 4.03. The molecule has 7 heteroatoms. The molecule has 2 heterocycles. The van der Waals surface area contributed by atoms with Gasteiger partial charge in [0.2, 0.25) is 5.12 Å². The molecule has 0 bridgehead atoms. The summed E-state index contributed by atoms with van der Waals surface area (Å²) in [6.45, 7) is 1.53. The molecule has 0 aliphatic carbocycles. The number of pyridine rings is 1. The molecule has 104 valence electrons. The van der Waals surface area contributed by atoms with Gasteiger partial charge in [0.15, 0.2) is 0 Å². The van der Waals surface area contributed by atoms with Crippen LogP contribution in [0.4, 0.5) is 0 Å². The first kappa shape index (κ1) is 15.9. The fourth-order valence-electron chi connectivity index (χ4n) is 1.78. The highest BCUT2D eigenvalue weighted by Crippen LogP contribution is 2.24. The average molecular weight is 303 g/mol. The van der Waals surface area contributed by atoms with Crippen LogP contribution < -0.4 is 0 Å². The molecular weight excluding hydrogens is 288 g/mol. The molecule has 1 aromatic rings. The van der Waals surface area contributed by atoms with E-state index < -0.39 is 0 Å². The fraction of sp³-hybridized carbons (Fsp3) is 0.417. The van der Waals surface area contributed by atoms with E-state index in [1.807, 2.05) is 0 Å². The Kier molecular flexibility index (Phi) is 5.78. The lowest BCUT2D eigenvalue weighted by Gasteiger charge is -2.08. The van der Waals surface area contributed by atoms with Crippen LogP contribution in [0.15, 0.2) is 11.2 Å².